The van der Waals surface area contributed by atoms with E-state index >= 15 is 0 Å². The molecule has 0 radical (unpaired) electrons. The monoisotopic (exact) mass is 302 g/mol. The molecule has 0 aliphatic rings. The Labute approximate surface area is 93.3 Å². The minimum absolute atomic E-state index is 0.109. The Morgan fingerprint density at radius 2 is 2.43 bits per heavy atom. The van der Waals surface area contributed by atoms with E-state index in [0.29, 0.717) is 15.9 Å². The highest BCUT2D eigenvalue weighted by Crippen LogP contribution is 1.95. The largest absolute Gasteiger partial charge is 0.308 e. The van der Waals surface area contributed by atoms with E-state index in [-0.39, 0.29) is 5.56 Å². The smallest absolute Gasteiger partial charge is 0.264 e. The molecule has 0 spiro atoms. The van der Waals surface area contributed by atoms with E-state index in [1.165, 1.54) is 0 Å². The van der Waals surface area contributed by atoms with Crippen molar-refractivity contribution in [2.24, 2.45) is 0 Å². The minimum atomic E-state index is -0.109. The molecule has 0 amide bonds. The second kappa shape index (κ2) is 3.91. The van der Waals surface area contributed by atoms with Gasteiger partial charge in [0.15, 0.2) is 0 Å². The number of rotatable bonds is 2. The van der Waals surface area contributed by atoms with Crippen LogP contribution in [0.1, 0.15) is 5.82 Å². The van der Waals surface area contributed by atoms with Crippen LogP contribution >= 0.6 is 22.6 Å². The van der Waals surface area contributed by atoms with Crippen molar-refractivity contribution >= 4 is 22.6 Å². The van der Waals surface area contributed by atoms with Gasteiger partial charge in [-0.1, -0.05) is 0 Å². The average Bonchev–Trinajstić information content (AvgIpc) is 2.64. The third-order valence-corrected chi connectivity index (χ3v) is 2.45. The van der Waals surface area contributed by atoms with Crippen LogP contribution < -0.4 is 5.56 Å². The number of halogens is 1. The molecule has 0 unspecified atom stereocenters. The Kier molecular flexibility index (Phi) is 2.62. The first-order valence-electron chi connectivity index (χ1n) is 3.97. The number of H-pyrrole nitrogens is 1. The van der Waals surface area contributed by atoms with Gasteiger partial charge in [0.05, 0.1) is 10.1 Å². The molecule has 1 N–H and O–H groups in total. The number of aromatic amines is 1. The van der Waals surface area contributed by atoms with Gasteiger partial charge in [-0.2, -0.15) is 5.10 Å². The number of hydrogen-bond acceptors (Lipinski definition) is 3. The number of nitrogens with one attached hydrogen (secondary N) is 1. The first kappa shape index (κ1) is 9.38. The zero-order valence-corrected chi connectivity index (χ0v) is 9.30. The molecule has 2 aromatic heterocycles. The predicted molar refractivity (Wildman–Crippen MR) is 58.9 cm³/mol. The zero-order valence-electron chi connectivity index (χ0n) is 7.14. The molecule has 2 rings (SSSR count). The second-order valence-electron chi connectivity index (χ2n) is 2.71. The molecule has 2 heterocycles. The average molecular weight is 302 g/mol. The van der Waals surface area contributed by atoms with Crippen molar-refractivity contribution < 1.29 is 0 Å². The maximum absolute atomic E-state index is 11.2. The topological polar surface area (TPSA) is 63.6 Å². The van der Waals surface area contributed by atoms with E-state index in [1.807, 2.05) is 34.9 Å². The summed E-state index contributed by atoms with van der Waals surface area (Å²) in [5, 5.41) is 4.02. The Balaban J connectivity index is 2.26. The highest BCUT2D eigenvalue weighted by Gasteiger charge is 2.00. The first-order chi connectivity index (χ1) is 6.75. The summed E-state index contributed by atoms with van der Waals surface area (Å²) in [6.07, 6.45) is 5.06. The lowest BCUT2D eigenvalue weighted by Crippen LogP contribution is -2.15. The molecule has 2 aromatic rings. The van der Waals surface area contributed by atoms with Crippen LogP contribution in [0.2, 0.25) is 0 Å². The Bertz CT molecular complexity index is 476. The molecule has 0 bridgehead atoms. The van der Waals surface area contributed by atoms with Crippen LogP contribution in [0.5, 0.6) is 0 Å². The van der Waals surface area contributed by atoms with E-state index in [1.54, 1.807) is 17.1 Å². The summed E-state index contributed by atoms with van der Waals surface area (Å²) in [6, 6.07) is 1.82. The fourth-order valence-corrected chi connectivity index (χ4v) is 1.32. The van der Waals surface area contributed by atoms with Crippen LogP contribution in [-0.4, -0.2) is 19.7 Å². The van der Waals surface area contributed by atoms with Crippen LogP contribution in [0.25, 0.3) is 0 Å². The summed E-state index contributed by atoms with van der Waals surface area (Å²) >= 11 is 1.94. The molecule has 14 heavy (non-hydrogen) atoms. The van der Waals surface area contributed by atoms with E-state index < -0.39 is 0 Å². The van der Waals surface area contributed by atoms with Crippen LogP contribution in [0.4, 0.5) is 0 Å². The van der Waals surface area contributed by atoms with Crippen molar-refractivity contribution in [2.45, 2.75) is 6.54 Å². The quantitative estimate of drug-likeness (QED) is 0.827. The van der Waals surface area contributed by atoms with Gasteiger partial charge in [-0.3, -0.25) is 9.48 Å². The molecule has 0 saturated carbocycles. The molecular formula is C8H7IN4O. The van der Waals surface area contributed by atoms with Crippen molar-refractivity contribution in [3.05, 3.63) is 44.4 Å². The Morgan fingerprint density at radius 1 is 1.57 bits per heavy atom. The molecular weight excluding hydrogens is 295 g/mol. The number of hydrogen-bond donors (Lipinski definition) is 1. The second-order valence-corrected chi connectivity index (χ2v) is 3.87. The van der Waals surface area contributed by atoms with Gasteiger partial charge in [-0.25, -0.2) is 4.98 Å². The minimum Gasteiger partial charge on any atom is -0.308 e. The van der Waals surface area contributed by atoms with Crippen LogP contribution in [0, 0.1) is 3.57 Å². The van der Waals surface area contributed by atoms with Gasteiger partial charge < -0.3 is 4.98 Å². The van der Waals surface area contributed by atoms with Gasteiger partial charge in [-0.05, 0) is 28.7 Å². The number of aromatic nitrogens is 4. The summed E-state index contributed by atoms with van der Waals surface area (Å²) in [7, 11) is 0. The predicted octanol–water partition coefficient (Wildman–Crippen LogP) is 0.619. The van der Waals surface area contributed by atoms with Crippen molar-refractivity contribution in [3.63, 3.8) is 0 Å². The fraction of sp³-hybridized carbons (Fsp3) is 0.125. The van der Waals surface area contributed by atoms with Crippen molar-refractivity contribution in [2.75, 3.05) is 0 Å². The Morgan fingerprint density at radius 3 is 3.07 bits per heavy atom. The highest BCUT2D eigenvalue weighted by molar-refractivity contribution is 14.1. The van der Waals surface area contributed by atoms with Crippen molar-refractivity contribution in [1.29, 1.82) is 0 Å². The standard InChI is InChI=1S/C8H7IN4O/c9-6-4-10-7(12-8(6)14)5-13-3-1-2-11-13/h1-4H,5H2,(H,10,12,14). The zero-order chi connectivity index (χ0) is 9.97. The van der Waals surface area contributed by atoms with E-state index in [0.717, 1.165) is 0 Å². The SMILES string of the molecule is O=c1[nH]c(Cn2cccn2)ncc1I. The first-order valence-corrected chi connectivity index (χ1v) is 5.05. The summed E-state index contributed by atoms with van der Waals surface area (Å²) in [6.45, 7) is 0.485. The number of nitrogens with zero attached hydrogens (tertiary/aromatic N) is 3. The van der Waals surface area contributed by atoms with Gasteiger partial charge in [0.2, 0.25) is 0 Å². The normalized spacial score (nSPS) is 10.4. The van der Waals surface area contributed by atoms with Crippen LogP contribution in [0.15, 0.2) is 29.5 Å². The molecule has 0 aromatic carbocycles. The fourth-order valence-electron chi connectivity index (χ4n) is 1.04. The van der Waals surface area contributed by atoms with Gasteiger partial charge in [0.1, 0.15) is 5.82 Å². The molecule has 5 nitrogen and oxygen atoms in total. The van der Waals surface area contributed by atoms with E-state index in [9.17, 15) is 4.79 Å². The van der Waals surface area contributed by atoms with E-state index in [2.05, 4.69) is 15.1 Å². The van der Waals surface area contributed by atoms with Crippen molar-refractivity contribution in [3.8, 4) is 0 Å². The lowest BCUT2D eigenvalue weighted by Gasteiger charge is -2.00. The highest BCUT2D eigenvalue weighted by atomic mass is 127. The summed E-state index contributed by atoms with van der Waals surface area (Å²) < 4.78 is 2.29. The lowest BCUT2D eigenvalue weighted by molar-refractivity contribution is 0.651. The van der Waals surface area contributed by atoms with Gasteiger partial charge >= 0.3 is 0 Å². The van der Waals surface area contributed by atoms with Gasteiger partial charge in [0.25, 0.3) is 5.56 Å². The lowest BCUT2D eigenvalue weighted by atomic mass is 10.5. The van der Waals surface area contributed by atoms with Crippen LogP contribution in [-0.2, 0) is 6.54 Å². The molecule has 0 aliphatic heterocycles. The molecule has 0 aliphatic carbocycles. The maximum atomic E-state index is 11.2. The summed E-state index contributed by atoms with van der Waals surface area (Å²) in [4.78, 5) is 18.0. The van der Waals surface area contributed by atoms with Gasteiger partial charge in [-0.15, -0.1) is 0 Å². The third kappa shape index (κ3) is 2.00. The molecule has 0 fully saturated rings. The van der Waals surface area contributed by atoms with Gasteiger partial charge in [0, 0.05) is 18.6 Å². The molecule has 6 heteroatoms. The maximum Gasteiger partial charge on any atom is 0.264 e. The molecule has 72 valence electrons. The summed E-state index contributed by atoms with van der Waals surface area (Å²) in [5.74, 6) is 0.610. The third-order valence-electron chi connectivity index (χ3n) is 1.68. The summed E-state index contributed by atoms with van der Waals surface area (Å²) in [5.41, 5.74) is -0.109. The molecule has 0 saturated heterocycles. The molecule has 0 atom stereocenters. The van der Waals surface area contributed by atoms with Crippen molar-refractivity contribution in [1.82, 2.24) is 19.7 Å². The van der Waals surface area contributed by atoms with E-state index in [4.69, 9.17) is 0 Å². The van der Waals surface area contributed by atoms with Crippen LogP contribution in [0.3, 0.4) is 0 Å². The Hall–Kier alpha value is -1.18.